The van der Waals surface area contributed by atoms with Crippen molar-refractivity contribution in [3.63, 3.8) is 0 Å². The summed E-state index contributed by atoms with van der Waals surface area (Å²) < 4.78 is 28.2. The Morgan fingerprint density at radius 2 is 1.63 bits per heavy atom. The molecule has 1 atom stereocenters. The van der Waals surface area contributed by atoms with Crippen molar-refractivity contribution in [2.45, 2.75) is 65.6 Å². The van der Waals surface area contributed by atoms with Gasteiger partial charge in [0.05, 0.1) is 13.2 Å². The summed E-state index contributed by atoms with van der Waals surface area (Å²) in [6.07, 6.45) is 4.60. The maximum Gasteiger partial charge on any atom is 0.370 e. The van der Waals surface area contributed by atoms with Gasteiger partial charge in [0.15, 0.2) is 0 Å². The molecule has 114 valence electrons. The third-order valence-corrected chi connectivity index (χ3v) is 4.88. The summed E-state index contributed by atoms with van der Waals surface area (Å²) in [7, 11) is -3.38. The van der Waals surface area contributed by atoms with Gasteiger partial charge in [0, 0.05) is 6.92 Å². The Bertz CT molecular complexity index is 283. The second-order valence-corrected chi connectivity index (χ2v) is 6.46. The van der Waals surface area contributed by atoms with Crippen LogP contribution in [0.5, 0.6) is 0 Å². The fourth-order valence-electron chi connectivity index (χ4n) is 1.78. The van der Waals surface area contributed by atoms with Gasteiger partial charge in [-0.05, 0) is 26.7 Å². The molecule has 0 aliphatic carbocycles. The van der Waals surface area contributed by atoms with E-state index in [4.69, 9.17) is 13.8 Å². The van der Waals surface area contributed by atoms with Crippen LogP contribution in [-0.4, -0.2) is 25.0 Å². The molecule has 0 saturated carbocycles. The Labute approximate surface area is 116 Å². The van der Waals surface area contributed by atoms with Gasteiger partial charge in [0.25, 0.3) is 0 Å². The van der Waals surface area contributed by atoms with E-state index in [2.05, 4.69) is 6.92 Å². The molecule has 0 amide bonds. The van der Waals surface area contributed by atoms with E-state index in [0.717, 1.165) is 25.7 Å². The molecule has 19 heavy (non-hydrogen) atoms. The van der Waals surface area contributed by atoms with E-state index >= 15 is 0 Å². The molecular formula is C13H27O5P. The average Bonchev–Trinajstić information content (AvgIpc) is 2.33. The summed E-state index contributed by atoms with van der Waals surface area (Å²) in [5.74, 6) is -1.25. The van der Waals surface area contributed by atoms with E-state index < -0.39 is 19.4 Å². The Morgan fingerprint density at radius 3 is 2.05 bits per heavy atom. The van der Waals surface area contributed by atoms with Gasteiger partial charge in [-0.25, -0.2) is 0 Å². The van der Waals surface area contributed by atoms with Crippen molar-refractivity contribution in [2.75, 3.05) is 13.2 Å². The minimum Gasteiger partial charge on any atom is -0.450 e. The number of esters is 1. The molecule has 5 nitrogen and oxygen atoms in total. The highest BCUT2D eigenvalue weighted by Crippen LogP contribution is 2.55. The zero-order chi connectivity index (χ0) is 14.7. The van der Waals surface area contributed by atoms with Crippen LogP contribution in [0.1, 0.15) is 59.8 Å². The molecule has 0 heterocycles. The van der Waals surface area contributed by atoms with E-state index in [1.165, 1.54) is 6.92 Å². The fraction of sp³-hybridized carbons (Fsp3) is 0.923. The van der Waals surface area contributed by atoms with E-state index in [1.807, 2.05) is 0 Å². The molecule has 0 N–H and O–H groups in total. The summed E-state index contributed by atoms with van der Waals surface area (Å²) in [5, 5.41) is 0. The summed E-state index contributed by atoms with van der Waals surface area (Å²) in [5.41, 5.74) is 0. The molecule has 0 saturated heterocycles. The molecule has 0 aliphatic heterocycles. The Balaban J connectivity index is 4.66. The smallest absolute Gasteiger partial charge is 0.370 e. The highest BCUT2D eigenvalue weighted by Gasteiger charge is 2.37. The summed E-state index contributed by atoms with van der Waals surface area (Å²) >= 11 is 0. The van der Waals surface area contributed by atoms with Crippen LogP contribution in [0.15, 0.2) is 0 Å². The number of carbonyl (C=O) groups is 1. The van der Waals surface area contributed by atoms with Crippen LogP contribution in [0.4, 0.5) is 0 Å². The number of rotatable bonds is 11. The largest absolute Gasteiger partial charge is 0.450 e. The van der Waals surface area contributed by atoms with Crippen molar-refractivity contribution < 1.29 is 23.1 Å². The van der Waals surface area contributed by atoms with E-state index in [0.29, 0.717) is 6.42 Å². The number of unbranched alkanes of at least 4 members (excludes halogenated alkanes) is 3. The van der Waals surface area contributed by atoms with Crippen molar-refractivity contribution in [1.82, 2.24) is 0 Å². The molecule has 6 heteroatoms. The minimum atomic E-state index is -3.38. The lowest BCUT2D eigenvalue weighted by Crippen LogP contribution is -2.20. The van der Waals surface area contributed by atoms with Crippen LogP contribution in [0.2, 0.25) is 0 Å². The van der Waals surface area contributed by atoms with Crippen molar-refractivity contribution >= 4 is 13.6 Å². The van der Waals surface area contributed by atoms with Crippen LogP contribution in [-0.2, 0) is 23.1 Å². The normalized spacial score (nSPS) is 13.3. The van der Waals surface area contributed by atoms with E-state index in [9.17, 15) is 9.36 Å². The first-order chi connectivity index (χ1) is 9.00. The van der Waals surface area contributed by atoms with E-state index in [1.54, 1.807) is 13.8 Å². The Hall–Kier alpha value is -0.380. The quantitative estimate of drug-likeness (QED) is 0.326. The Morgan fingerprint density at radius 1 is 1.05 bits per heavy atom. The highest BCUT2D eigenvalue weighted by atomic mass is 31.2. The third-order valence-electron chi connectivity index (χ3n) is 2.58. The highest BCUT2D eigenvalue weighted by molar-refractivity contribution is 7.54. The Kier molecular flexibility index (Phi) is 10.2. The lowest BCUT2D eigenvalue weighted by atomic mass is 10.2. The van der Waals surface area contributed by atoms with Gasteiger partial charge < -0.3 is 13.8 Å². The zero-order valence-electron chi connectivity index (χ0n) is 12.5. The zero-order valence-corrected chi connectivity index (χ0v) is 13.4. The first-order valence-electron chi connectivity index (χ1n) is 7.06. The lowest BCUT2D eigenvalue weighted by Gasteiger charge is -2.25. The first-order valence-corrected chi connectivity index (χ1v) is 8.67. The summed E-state index contributed by atoms with van der Waals surface area (Å²) in [4.78, 5) is 11.1. The van der Waals surface area contributed by atoms with Gasteiger partial charge >= 0.3 is 13.6 Å². The number of hydrogen-bond acceptors (Lipinski definition) is 5. The standard InChI is InChI=1S/C13H27O5P/c1-5-8-9-10-11-13(18-12(4)14)19(15,16-6-2)17-7-3/h13H,5-11H2,1-4H3/t13-/m0/s1. The van der Waals surface area contributed by atoms with E-state index in [-0.39, 0.29) is 13.2 Å². The topological polar surface area (TPSA) is 61.8 Å². The molecule has 0 spiro atoms. The number of carbonyl (C=O) groups excluding carboxylic acids is 1. The van der Waals surface area contributed by atoms with Crippen LogP contribution >= 0.6 is 7.60 Å². The summed E-state index contributed by atoms with van der Waals surface area (Å²) in [6.45, 7) is 7.45. The fourth-order valence-corrected chi connectivity index (χ4v) is 3.69. The maximum absolute atomic E-state index is 12.6. The first kappa shape index (κ1) is 18.6. The molecular weight excluding hydrogens is 267 g/mol. The molecule has 0 unspecified atom stereocenters. The number of ether oxygens (including phenoxy) is 1. The predicted molar refractivity (Wildman–Crippen MR) is 75.2 cm³/mol. The molecule has 0 aliphatic rings. The third kappa shape index (κ3) is 7.71. The van der Waals surface area contributed by atoms with Gasteiger partial charge in [-0.15, -0.1) is 0 Å². The molecule has 0 aromatic carbocycles. The predicted octanol–water partition coefficient (Wildman–Crippen LogP) is 4.11. The minimum absolute atomic E-state index is 0.268. The lowest BCUT2D eigenvalue weighted by molar-refractivity contribution is -0.144. The van der Waals surface area contributed by atoms with Gasteiger partial charge in [-0.3, -0.25) is 9.36 Å². The number of hydrogen-bond donors (Lipinski definition) is 0. The van der Waals surface area contributed by atoms with Crippen LogP contribution in [0.3, 0.4) is 0 Å². The molecule has 0 bridgehead atoms. The van der Waals surface area contributed by atoms with Crippen molar-refractivity contribution in [1.29, 1.82) is 0 Å². The summed E-state index contributed by atoms with van der Waals surface area (Å²) in [6, 6.07) is 0. The molecule has 0 rings (SSSR count). The van der Waals surface area contributed by atoms with Crippen molar-refractivity contribution in [2.24, 2.45) is 0 Å². The second kappa shape index (κ2) is 10.4. The van der Waals surface area contributed by atoms with Gasteiger partial charge in [0.1, 0.15) is 0 Å². The molecule has 0 aromatic rings. The SMILES string of the molecule is CCCCCC[C@@H](OC(C)=O)P(=O)(OCC)OCC. The van der Waals surface area contributed by atoms with Crippen LogP contribution in [0, 0.1) is 0 Å². The van der Waals surface area contributed by atoms with Gasteiger partial charge in [-0.1, -0.05) is 26.2 Å². The average molecular weight is 294 g/mol. The molecule has 0 aromatic heterocycles. The van der Waals surface area contributed by atoms with Crippen molar-refractivity contribution in [3.05, 3.63) is 0 Å². The molecule has 0 radical (unpaired) electrons. The van der Waals surface area contributed by atoms with Crippen LogP contribution in [0.25, 0.3) is 0 Å². The van der Waals surface area contributed by atoms with Gasteiger partial charge in [0.2, 0.25) is 5.85 Å². The van der Waals surface area contributed by atoms with Crippen molar-refractivity contribution in [3.8, 4) is 0 Å². The molecule has 0 fully saturated rings. The maximum atomic E-state index is 12.6. The monoisotopic (exact) mass is 294 g/mol. The van der Waals surface area contributed by atoms with Gasteiger partial charge in [-0.2, -0.15) is 0 Å². The van der Waals surface area contributed by atoms with Crippen LogP contribution < -0.4 is 0 Å². The second-order valence-electron chi connectivity index (χ2n) is 4.29.